The predicted molar refractivity (Wildman–Crippen MR) is 88.9 cm³/mol. The van der Waals surface area contributed by atoms with Gasteiger partial charge in [-0.15, -0.1) is 0 Å². The molecule has 1 amide bonds. The van der Waals surface area contributed by atoms with Crippen LogP contribution >= 0.6 is 0 Å². The molecule has 2 heterocycles. The molecule has 1 atom stereocenters. The van der Waals surface area contributed by atoms with Gasteiger partial charge in [0.05, 0.1) is 6.20 Å². The van der Waals surface area contributed by atoms with Crippen molar-refractivity contribution in [2.45, 2.75) is 4.90 Å². The van der Waals surface area contributed by atoms with Crippen LogP contribution in [0, 0.1) is 0 Å². The molecule has 23 heavy (non-hydrogen) atoms. The van der Waals surface area contributed by atoms with E-state index in [-0.39, 0.29) is 5.91 Å². The molecule has 2 aromatic rings. The van der Waals surface area contributed by atoms with Crippen molar-refractivity contribution in [1.29, 1.82) is 0 Å². The number of nitrogens with zero attached hydrogens (tertiary/aromatic N) is 4. The topological polar surface area (TPSA) is 66.4 Å². The first-order valence-electron chi connectivity index (χ1n) is 7.39. The van der Waals surface area contributed by atoms with Crippen LogP contribution in [0.2, 0.25) is 0 Å². The molecule has 0 unspecified atom stereocenters. The number of rotatable bonds is 3. The minimum Gasteiger partial charge on any atom is -0.352 e. The molecule has 1 saturated heterocycles. The first-order chi connectivity index (χ1) is 11.1. The predicted octanol–water partition coefficient (Wildman–Crippen LogP) is 1.18. The van der Waals surface area contributed by atoms with Crippen LogP contribution in [0.1, 0.15) is 10.4 Å². The van der Waals surface area contributed by atoms with Crippen molar-refractivity contribution in [3.8, 4) is 0 Å². The number of amides is 1. The fourth-order valence-electron chi connectivity index (χ4n) is 2.56. The number of benzene rings is 1. The summed E-state index contributed by atoms with van der Waals surface area (Å²) in [6.07, 6.45) is 6.69. The summed E-state index contributed by atoms with van der Waals surface area (Å²) in [5.41, 5.74) is 0.632. The Kier molecular flexibility index (Phi) is 4.66. The fourth-order valence-corrected chi connectivity index (χ4v) is 3.08. The van der Waals surface area contributed by atoms with E-state index in [0.717, 1.165) is 23.8 Å². The maximum absolute atomic E-state index is 12.5. The summed E-state index contributed by atoms with van der Waals surface area (Å²) in [5, 5.41) is 0. The zero-order valence-corrected chi connectivity index (χ0v) is 13.7. The summed E-state index contributed by atoms with van der Waals surface area (Å²) in [7, 11) is -1.03. The van der Waals surface area contributed by atoms with E-state index in [1.54, 1.807) is 49.1 Å². The van der Waals surface area contributed by atoms with Gasteiger partial charge in [0.1, 0.15) is 5.82 Å². The van der Waals surface area contributed by atoms with Crippen LogP contribution in [0.15, 0.2) is 47.8 Å². The average Bonchev–Trinajstić information content (AvgIpc) is 2.62. The van der Waals surface area contributed by atoms with E-state index >= 15 is 0 Å². The van der Waals surface area contributed by atoms with E-state index in [0.29, 0.717) is 18.7 Å². The third-order valence-corrected chi connectivity index (χ3v) is 4.81. The van der Waals surface area contributed by atoms with Crippen LogP contribution in [0.25, 0.3) is 0 Å². The molecular formula is C16H18N4O2S. The Morgan fingerprint density at radius 1 is 1.09 bits per heavy atom. The van der Waals surface area contributed by atoms with E-state index < -0.39 is 10.8 Å². The van der Waals surface area contributed by atoms with Gasteiger partial charge in [-0.2, -0.15) is 0 Å². The van der Waals surface area contributed by atoms with Gasteiger partial charge >= 0.3 is 0 Å². The van der Waals surface area contributed by atoms with Crippen LogP contribution in [-0.4, -0.2) is 57.4 Å². The fraction of sp³-hybridized carbons (Fsp3) is 0.312. The van der Waals surface area contributed by atoms with Gasteiger partial charge in [0, 0.05) is 66.1 Å². The average molecular weight is 330 g/mol. The summed E-state index contributed by atoms with van der Waals surface area (Å²) in [4.78, 5) is 25.6. The van der Waals surface area contributed by atoms with Crippen LogP contribution in [0.4, 0.5) is 5.82 Å². The lowest BCUT2D eigenvalue weighted by Crippen LogP contribution is -2.49. The normalized spacial score (nSPS) is 16.2. The second kappa shape index (κ2) is 6.87. The second-order valence-electron chi connectivity index (χ2n) is 5.32. The van der Waals surface area contributed by atoms with Crippen molar-refractivity contribution in [2.75, 3.05) is 37.3 Å². The van der Waals surface area contributed by atoms with Crippen molar-refractivity contribution >= 4 is 22.5 Å². The molecule has 7 heteroatoms. The lowest BCUT2D eigenvalue weighted by Gasteiger charge is -2.35. The highest BCUT2D eigenvalue weighted by atomic mass is 32.2. The Balaban J connectivity index is 1.63. The zero-order valence-electron chi connectivity index (χ0n) is 12.9. The summed E-state index contributed by atoms with van der Waals surface area (Å²) in [6, 6.07) is 6.99. The Bertz CT molecular complexity index is 698. The molecule has 1 fully saturated rings. The van der Waals surface area contributed by atoms with Gasteiger partial charge in [0.25, 0.3) is 5.91 Å². The molecule has 0 saturated carbocycles. The highest BCUT2D eigenvalue weighted by Gasteiger charge is 2.22. The van der Waals surface area contributed by atoms with Gasteiger partial charge in [-0.05, 0) is 24.3 Å². The molecule has 1 aromatic carbocycles. The first kappa shape index (κ1) is 15.6. The molecule has 1 aromatic heterocycles. The molecule has 120 valence electrons. The molecule has 0 aliphatic carbocycles. The van der Waals surface area contributed by atoms with E-state index in [4.69, 9.17) is 0 Å². The highest BCUT2D eigenvalue weighted by molar-refractivity contribution is 7.84. The van der Waals surface area contributed by atoms with Crippen LogP contribution < -0.4 is 4.90 Å². The molecule has 6 nitrogen and oxygen atoms in total. The number of hydrogen-bond donors (Lipinski definition) is 0. The van der Waals surface area contributed by atoms with Crippen LogP contribution in [0.5, 0.6) is 0 Å². The third kappa shape index (κ3) is 3.56. The number of aromatic nitrogens is 2. The molecule has 0 bridgehead atoms. The van der Waals surface area contributed by atoms with Crippen molar-refractivity contribution in [3.63, 3.8) is 0 Å². The lowest BCUT2D eigenvalue weighted by molar-refractivity contribution is 0.0746. The van der Waals surface area contributed by atoms with E-state index in [2.05, 4.69) is 14.9 Å². The lowest BCUT2D eigenvalue weighted by atomic mass is 10.2. The summed E-state index contributed by atoms with van der Waals surface area (Å²) < 4.78 is 11.4. The number of piperazine rings is 1. The minimum absolute atomic E-state index is 0.0113. The van der Waals surface area contributed by atoms with Gasteiger partial charge in [-0.25, -0.2) is 4.98 Å². The molecular weight excluding hydrogens is 312 g/mol. The van der Waals surface area contributed by atoms with Crippen molar-refractivity contribution < 1.29 is 9.00 Å². The largest absolute Gasteiger partial charge is 0.352 e. The quantitative estimate of drug-likeness (QED) is 0.845. The Morgan fingerprint density at radius 3 is 2.35 bits per heavy atom. The molecule has 0 radical (unpaired) electrons. The molecule has 0 spiro atoms. The molecule has 1 aliphatic rings. The van der Waals surface area contributed by atoms with Crippen LogP contribution in [-0.2, 0) is 10.8 Å². The third-order valence-electron chi connectivity index (χ3n) is 3.87. The van der Waals surface area contributed by atoms with Gasteiger partial charge in [0.15, 0.2) is 0 Å². The first-order valence-corrected chi connectivity index (χ1v) is 8.94. The van der Waals surface area contributed by atoms with Gasteiger partial charge < -0.3 is 9.80 Å². The standard InChI is InChI=1S/C16H18N4O2S/c1-23(22)14-4-2-13(3-5-14)16(21)20-10-8-19(9-11-20)15-12-17-6-7-18-15/h2-7,12H,8-11H2,1H3/t23-/m0/s1. The van der Waals surface area contributed by atoms with E-state index in [9.17, 15) is 9.00 Å². The highest BCUT2D eigenvalue weighted by Crippen LogP contribution is 2.15. The number of hydrogen-bond acceptors (Lipinski definition) is 5. The zero-order chi connectivity index (χ0) is 16.2. The number of carbonyl (C=O) groups excluding carboxylic acids is 1. The van der Waals surface area contributed by atoms with Gasteiger partial charge in [0.2, 0.25) is 0 Å². The molecule has 0 N–H and O–H groups in total. The summed E-state index contributed by atoms with van der Waals surface area (Å²) in [6.45, 7) is 2.77. The Hall–Kier alpha value is -2.28. The monoisotopic (exact) mass is 330 g/mol. The van der Waals surface area contributed by atoms with Gasteiger partial charge in [-0.1, -0.05) is 0 Å². The Morgan fingerprint density at radius 2 is 1.78 bits per heavy atom. The van der Waals surface area contributed by atoms with Crippen molar-refractivity contribution in [2.24, 2.45) is 0 Å². The second-order valence-corrected chi connectivity index (χ2v) is 6.70. The van der Waals surface area contributed by atoms with E-state index in [1.165, 1.54) is 0 Å². The minimum atomic E-state index is -1.03. The van der Waals surface area contributed by atoms with Crippen LogP contribution in [0.3, 0.4) is 0 Å². The van der Waals surface area contributed by atoms with Crippen molar-refractivity contribution in [1.82, 2.24) is 14.9 Å². The maximum atomic E-state index is 12.5. The molecule has 3 rings (SSSR count). The van der Waals surface area contributed by atoms with E-state index in [1.807, 2.05) is 4.90 Å². The SMILES string of the molecule is C[S@](=O)c1ccc(C(=O)N2CCN(c3cnccn3)CC2)cc1. The summed E-state index contributed by atoms with van der Waals surface area (Å²) in [5.74, 6) is 0.853. The van der Waals surface area contributed by atoms with Gasteiger partial charge in [-0.3, -0.25) is 14.0 Å². The Labute approximate surface area is 137 Å². The number of anilines is 1. The maximum Gasteiger partial charge on any atom is 0.253 e. The summed E-state index contributed by atoms with van der Waals surface area (Å²) >= 11 is 0. The number of carbonyl (C=O) groups is 1. The van der Waals surface area contributed by atoms with Crippen molar-refractivity contribution in [3.05, 3.63) is 48.4 Å². The molecule has 1 aliphatic heterocycles. The smallest absolute Gasteiger partial charge is 0.253 e.